The van der Waals surface area contributed by atoms with Gasteiger partial charge in [-0.15, -0.1) is 6.42 Å². The van der Waals surface area contributed by atoms with Gasteiger partial charge in [-0.05, 0) is 12.0 Å². The number of carbonyl (C=O) groups is 1. The second-order valence-electron chi connectivity index (χ2n) is 4.48. The Morgan fingerprint density at radius 3 is 2.83 bits per heavy atom. The Bertz CT molecular complexity index is 430. The molecule has 0 bridgehead atoms. The highest BCUT2D eigenvalue weighted by Gasteiger charge is 2.12. The Morgan fingerprint density at radius 2 is 2.33 bits per heavy atom. The molecule has 0 fully saturated rings. The molecule has 0 radical (unpaired) electrons. The van der Waals surface area contributed by atoms with E-state index in [2.05, 4.69) is 21.7 Å². The number of aromatic nitrogens is 2. The summed E-state index contributed by atoms with van der Waals surface area (Å²) in [5.41, 5.74) is 1.08. The van der Waals surface area contributed by atoms with E-state index >= 15 is 0 Å². The maximum atomic E-state index is 11.6. The van der Waals surface area contributed by atoms with Crippen LogP contribution in [0.1, 0.15) is 19.5 Å². The predicted octanol–water partition coefficient (Wildman–Crippen LogP) is 0.920. The SMILES string of the molecule is C#C[C@@H](NC(=O)NCCc1ccnn1C)C(C)C. The van der Waals surface area contributed by atoms with Crippen molar-refractivity contribution in [1.29, 1.82) is 0 Å². The first-order chi connectivity index (χ1) is 8.54. The van der Waals surface area contributed by atoms with E-state index < -0.39 is 0 Å². The normalized spacial score (nSPS) is 11.9. The van der Waals surface area contributed by atoms with Crippen molar-refractivity contribution in [2.75, 3.05) is 6.54 Å². The van der Waals surface area contributed by atoms with Crippen LogP contribution in [0.2, 0.25) is 0 Å². The Morgan fingerprint density at radius 1 is 1.61 bits per heavy atom. The first-order valence-corrected chi connectivity index (χ1v) is 6.02. The molecule has 2 N–H and O–H groups in total. The third-order valence-corrected chi connectivity index (χ3v) is 2.72. The maximum absolute atomic E-state index is 11.6. The van der Waals surface area contributed by atoms with Gasteiger partial charge in [0.15, 0.2) is 0 Å². The van der Waals surface area contributed by atoms with Crippen molar-refractivity contribution in [1.82, 2.24) is 20.4 Å². The van der Waals surface area contributed by atoms with Crippen molar-refractivity contribution in [2.45, 2.75) is 26.3 Å². The second-order valence-corrected chi connectivity index (χ2v) is 4.48. The van der Waals surface area contributed by atoms with Gasteiger partial charge in [0.1, 0.15) is 0 Å². The van der Waals surface area contributed by atoms with E-state index in [9.17, 15) is 4.79 Å². The fraction of sp³-hybridized carbons (Fsp3) is 0.538. The summed E-state index contributed by atoms with van der Waals surface area (Å²) < 4.78 is 1.79. The molecule has 1 aromatic rings. The minimum absolute atomic E-state index is 0.220. The van der Waals surface area contributed by atoms with Crippen molar-refractivity contribution >= 4 is 6.03 Å². The number of nitrogens with zero attached hydrogens (tertiary/aromatic N) is 2. The smallest absolute Gasteiger partial charge is 0.315 e. The van der Waals surface area contributed by atoms with Gasteiger partial charge in [-0.25, -0.2) is 4.79 Å². The number of carbonyl (C=O) groups excluding carboxylic acids is 1. The molecule has 18 heavy (non-hydrogen) atoms. The average Bonchev–Trinajstić information content (AvgIpc) is 2.71. The molecule has 1 rings (SSSR count). The van der Waals surface area contributed by atoms with E-state index in [0.29, 0.717) is 6.54 Å². The van der Waals surface area contributed by atoms with E-state index in [-0.39, 0.29) is 18.0 Å². The molecule has 98 valence electrons. The van der Waals surface area contributed by atoms with Crippen LogP contribution in [-0.4, -0.2) is 28.4 Å². The quantitative estimate of drug-likeness (QED) is 0.761. The lowest BCUT2D eigenvalue weighted by Crippen LogP contribution is -2.44. The van der Waals surface area contributed by atoms with Crippen LogP contribution in [0.15, 0.2) is 12.3 Å². The number of hydrogen-bond acceptors (Lipinski definition) is 2. The number of rotatable bonds is 5. The molecule has 5 nitrogen and oxygen atoms in total. The summed E-state index contributed by atoms with van der Waals surface area (Å²) >= 11 is 0. The monoisotopic (exact) mass is 248 g/mol. The van der Waals surface area contributed by atoms with Crippen LogP contribution in [0.3, 0.4) is 0 Å². The van der Waals surface area contributed by atoms with E-state index in [1.165, 1.54) is 0 Å². The van der Waals surface area contributed by atoms with Crippen molar-refractivity contribution in [2.24, 2.45) is 13.0 Å². The lowest BCUT2D eigenvalue weighted by Gasteiger charge is -2.16. The van der Waals surface area contributed by atoms with Crippen LogP contribution in [0.4, 0.5) is 4.79 Å². The minimum Gasteiger partial charge on any atom is -0.338 e. The molecule has 0 saturated heterocycles. The topological polar surface area (TPSA) is 59.0 Å². The molecule has 0 unspecified atom stereocenters. The van der Waals surface area contributed by atoms with Gasteiger partial charge in [-0.3, -0.25) is 4.68 Å². The zero-order chi connectivity index (χ0) is 13.5. The molecule has 0 aliphatic carbocycles. The van der Waals surface area contributed by atoms with Crippen molar-refractivity contribution < 1.29 is 4.79 Å². The Balaban J connectivity index is 2.30. The van der Waals surface area contributed by atoms with Gasteiger partial charge in [-0.1, -0.05) is 19.8 Å². The standard InChI is InChI=1S/C13H20N4O/c1-5-12(10(2)3)16-13(18)14-8-6-11-7-9-15-17(11)4/h1,7,9-10,12H,6,8H2,2-4H3,(H2,14,16,18)/t12-/m1/s1. The number of amides is 2. The molecule has 0 saturated carbocycles. The first kappa shape index (κ1) is 14.1. The fourth-order valence-corrected chi connectivity index (χ4v) is 1.54. The number of urea groups is 1. The number of nitrogens with one attached hydrogen (secondary N) is 2. The van der Waals surface area contributed by atoms with E-state index in [0.717, 1.165) is 12.1 Å². The highest BCUT2D eigenvalue weighted by molar-refractivity contribution is 5.74. The van der Waals surface area contributed by atoms with E-state index in [1.54, 1.807) is 10.9 Å². The molecule has 0 aromatic carbocycles. The van der Waals surface area contributed by atoms with E-state index in [4.69, 9.17) is 6.42 Å². The Hall–Kier alpha value is -1.96. The molecule has 2 amide bonds. The van der Waals surface area contributed by atoms with Gasteiger partial charge in [0.05, 0.1) is 6.04 Å². The van der Waals surface area contributed by atoms with Gasteiger partial charge in [0.25, 0.3) is 0 Å². The third kappa shape index (κ3) is 4.13. The summed E-state index contributed by atoms with van der Waals surface area (Å²) in [5.74, 6) is 2.78. The minimum atomic E-state index is -0.235. The molecule has 1 aromatic heterocycles. The Labute approximate surface area is 108 Å². The largest absolute Gasteiger partial charge is 0.338 e. The Kier molecular flexibility index (Phi) is 5.25. The molecule has 5 heteroatoms. The van der Waals surface area contributed by atoms with Gasteiger partial charge in [-0.2, -0.15) is 5.10 Å². The lowest BCUT2D eigenvalue weighted by atomic mass is 10.1. The summed E-state index contributed by atoms with van der Waals surface area (Å²) in [6, 6.07) is 1.47. The van der Waals surface area contributed by atoms with Gasteiger partial charge in [0.2, 0.25) is 0 Å². The molecule has 0 aliphatic rings. The highest BCUT2D eigenvalue weighted by Crippen LogP contribution is 1.99. The van der Waals surface area contributed by atoms with Crippen molar-refractivity contribution in [3.8, 4) is 12.3 Å². The highest BCUT2D eigenvalue weighted by atomic mass is 16.2. The van der Waals surface area contributed by atoms with Gasteiger partial charge in [0, 0.05) is 31.9 Å². The van der Waals surface area contributed by atoms with Gasteiger partial charge >= 0.3 is 6.03 Å². The summed E-state index contributed by atoms with van der Waals surface area (Å²) in [4.78, 5) is 11.6. The van der Waals surface area contributed by atoms with Crippen molar-refractivity contribution in [3.05, 3.63) is 18.0 Å². The lowest BCUT2D eigenvalue weighted by molar-refractivity contribution is 0.237. The number of terminal acetylenes is 1. The molecule has 0 spiro atoms. The van der Waals surface area contributed by atoms with Gasteiger partial charge < -0.3 is 10.6 Å². The summed E-state index contributed by atoms with van der Waals surface area (Å²) in [5, 5.41) is 9.59. The zero-order valence-corrected chi connectivity index (χ0v) is 11.1. The average molecular weight is 248 g/mol. The second kappa shape index (κ2) is 6.70. The molecule has 0 aliphatic heterocycles. The summed E-state index contributed by atoms with van der Waals surface area (Å²) in [6.07, 6.45) is 7.82. The van der Waals surface area contributed by atoms with E-state index in [1.807, 2.05) is 27.0 Å². The fourth-order valence-electron chi connectivity index (χ4n) is 1.54. The third-order valence-electron chi connectivity index (χ3n) is 2.72. The van der Waals surface area contributed by atoms with Crippen LogP contribution < -0.4 is 10.6 Å². The number of hydrogen-bond donors (Lipinski definition) is 2. The molecule has 1 heterocycles. The first-order valence-electron chi connectivity index (χ1n) is 6.02. The maximum Gasteiger partial charge on any atom is 0.315 e. The van der Waals surface area contributed by atoms with Crippen LogP contribution in [-0.2, 0) is 13.5 Å². The molecule has 1 atom stereocenters. The van der Waals surface area contributed by atoms with Crippen molar-refractivity contribution in [3.63, 3.8) is 0 Å². The summed E-state index contributed by atoms with van der Waals surface area (Å²) in [7, 11) is 1.88. The van der Waals surface area contributed by atoms with Crippen LogP contribution >= 0.6 is 0 Å². The predicted molar refractivity (Wildman–Crippen MR) is 70.9 cm³/mol. The molecular formula is C13H20N4O. The van der Waals surface area contributed by atoms with Crippen LogP contribution in [0.5, 0.6) is 0 Å². The summed E-state index contributed by atoms with van der Waals surface area (Å²) in [6.45, 7) is 4.50. The van der Waals surface area contributed by atoms with Crippen LogP contribution in [0.25, 0.3) is 0 Å². The van der Waals surface area contributed by atoms with Crippen LogP contribution in [0, 0.1) is 18.3 Å². The number of aryl methyl sites for hydroxylation is 1. The zero-order valence-electron chi connectivity index (χ0n) is 11.1. The molecular weight excluding hydrogens is 228 g/mol.